The monoisotopic (exact) mass is 494 g/mol. The first-order valence-electron chi connectivity index (χ1n) is 13.2. The van der Waals surface area contributed by atoms with Crippen molar-refractivity contribution in [2.45, 2.75) is 38.2 Å². The lowest BCUT2D eigenvalue weighted by Crippen LogP contribution is -2.34. The van der Waals surface area contributed by atoms with E-state index in [2.05, 4.69) is 36.4 Å². The van der Waals surface area contributed by atoms with E-state index in [0.29, 0.717) is 0 Å². The second kappa shape index (κ2) is 9.48. The van der Waals surface area contributed by atoms with Gasteiger partial charge in [0.05, 0.1) is 28.6 Å². The molecule has 0 aromatic carbocycles. The third-order valence-electron chi connectivity index (χ3n) is 7.44. The van der Waals surface area contributed by atoms with E-state index >= 15 is 0 Å². The highest BCUT2D eigenvalue weighted by atomic mass is 16.5. The van der Waals surface area contributed by atoms with Gasteiger partial charge in [-0.2, -0.15) is 5.10 Å². The smallest absolute Gasteiger partial charge is 0.138 e. The molecule has 2 fully saturated rings. The van der Waals surface area contributed by atoms with Crippen LogP contribution in [0.25, 0.3) is 44.6 Å². The molecule has 0 radical (unpaired) electrons. The van der Waals surface area contributed by atoms with Crippen LogP contribution in [0.4, 0.5) is 5.82 Å². The van der Waals surface area contributed by atoms with Gasteiger partial charge in [-0.25, -0.2) is 9.97 Å². The van der Waals surface area contributed by atoms with Gasteiger partial charge in [-0.3, -0.25) is 10.1 Å². The number of fused-ring (bicyclic) bond motifs is 2. The minimum Gasteiger partial charge on any atom is -0.489 e. The zero-order chi connectivity index (χ0) is 24.6. The summed E-state index contributed by atoms with van der Waals surface area (Å²) in [7, 11) is 0. The van der Waals surface area contributed by atoms with Crippen molar-refractivity contribution in [3.63, 3.8) is 0 Å². The number of anilines is 1. The molecule has 9 heteroatoms. The Morgan fingerprint density at radius 2 is 1.84 bits per heavy atom. The van der Waals surface area contributed by atoms with E-state index in [-0.39, 0.29) is 6.10 Å². The molecule has 0 unspecified atom stereocenters. The normalized spacial score (nSPS) is 17.0. The van der Waals surface area contributed by atoms with Crippen molar-refractivity contribution < 1.29 is 4.74 Å². The highest BCUT2D eigenvalue weighted by Gasteiger charge is 2.19. The third-order valence-corrected chi connectivity index (χ3v) is 7.44. The molecule has 7 heterocycles. The standard InChI is InChI=1S/C28H30N8O/c1-2-12-36(13-3-1)28-21-15-25(32-23(21)8-11-31-28)27-26-24(34-35-27)5-4-22(33-26)18-14-20(17-30-16-18)37-19-6-9-29-10-7-19/h4-5,8,11,14-17,19,29,32H,1-3,6-7,9-10,12-13H2,(H,34,35). The van der Waals surface area contributed by atoms with E-state index in [4.69, 9.17) is 14.7 Å². The molecule has 0 spiro atoms. The first kappa shape index (κ1) is 22.2. The second-order valence-corrected chi connectivity index (χ2v) is 9.97. The van der Waals surface area contributed by atoms with Crippen molar-refractivity contribution in [3.8, 4) is 28.4 Å². The summed E-state index contributed by atoms with van der Waals surface area (Å²) < 4.78 is 6.21. The molecule has 2 aliphatic heterocycles. The van der Waals surface area contributed by atoms with Gasteiger partial charge in [-0.15, -0.1) is 0 Å². The van der Waals surface area contributed by atoms with Crippen molar-refractivity contribution in [2.75, 3.05) is 31.1 Å². The van der Waals surface area contributed by atoms with Crippen LogP contribution in [-0.4, -0.2) is 62.4 Å². The largest absolute Gasteiger partial charge is 0.489 e. The highest BCUT2D eigenvalue weighted by molar-refractivity contribution is 5.98. The van der Waals surface area contributed by atoms with Gasteiger partial charge < -0.3 is 19.9 Å². The SMILES string of the molecule is c1cc2[nH]c(-c3n[nH]c4ccc(-c5cncc(OC6CCNCC6)c5)nc34)cc2c(N2CCCCC2)n1. The molecular weight excluding hydrogens is 464 g/mol. The van der Waals surface area contributed by atoms with Gasteiger partial charge >= 0.3 is 0 Å². The van der Waals surface area contributed by atoms with Crippen molar-refractivity contribution in [3.05, 3.63) is 48.9 Å². The zero-order valence-electron chi connectivity index (χ0n) is 20.7. The summed E-state index contributed by atoms with van der Waals surface area (Å²) in [6.07, 6.45) is 11.5. The van der Waals surface area contributed by atoms with Crippen LogP contribution in [-0.2, 0) is 0 Å². The molecule has 0 amide bonds. The quantitative estimate of drug-likeness (QED) is 0.325. The zero-order valence-corrected chi connectivity index (χ0v) is 20.7. The molecule has 2 saturated heterocycles. The number of nitrogens with one attached hydrogen (secondary N) is 3. The number of ether oxygens (including phenoxy) is 1. The highest BCUT2D eigenvalue weighted by Crippen LogP contribution is 2.33. The lowest BCUT2D eigenvalue weighted by atomic mass is 10.1. The van der Waals surface area contributed by atoms with Crippen LogP contribution in [0.2, 0.25) is 0 Å². The fourth-order valence-corrected chi connectivity index (χ4v) is 5.50. The molecule has 0 saturated carbocycles. The van der Waals surface area contributed by atoms with Crippen LogP contribution >= 0.6 is 0 Å². The molecule has 2 aliphatic rings. The molecule has 0 atom stereocenters. The summed E-state index contributed by atoms with van der Waals surface area (Å²) in [4.78, 5) is 20.1. The number of aromatic nitrogens is 6. The Balaban J connectivity index is 1.23. The van der Waals surface area contributed by atoms with Gasteiger partial charge in [0, 0.05) is 36.4 Å². The lowest BCUT2D eigenvalue weighted by molar-refractivity contribution is 0.162. The third kappa shape index (κ3) is 4.29. The van der Waals surface area contributed by atoms with Crippen LogP contribution in [0, 0.1) is 0 Å². The fourth-order valence-electron chi connectivity index (χ4n) is 5.50. The Kier molecular flexibility index (Phi) is 5.70. The van der Waals surface area contributed by atoms with Gasteiger partial charge in [0.2, 0.25) is 0 Å². The number of aromatic amines is 2. The van der Waals surface area contributed by atoms with Crippen LogP contribution in [0.15, 0.2) is 48.9 Å². The van der Waals surface area contributed by atoms with Gasteiger partial charge in [0.25, 0.3) is 0 Å². The number of pyridine rings is 3. The second-order valence-electron chi connectivity index (χ2n) is 9.97. The van der Waals surface area contributed by atoms with E-state index in [1.807, 2.05) is 36.7 Å². The predicted octanol–water partition coefficient (Wildman–Crippen LogP) is 4.68. The number of nitrogens with zero attached hydrogens (tertiary/aromatic N) is 5. The summed E-state index contributed by atoms with van der Waals surface area (Å²) >= 11 is 0. The van der Waals surface area contributed by atoms with Crippen molar-refractivity contribution in [2.24, 2.45) is 0 Å². The minimum absolute atomic E-state index is 0.223. The van der Waals surface area contributed by atoms with E-state index in [0.717, 1.165) is 95.2 Å². The molecule has 188 valence electrons. The number of hydrogen-bond acceptors (Lipinski definition) is 7. The Hall–Kier alpha value is -3.98. The molecule has 3 N–H and O–H groups in total. The summed E-state index contributed by atoms with van der Waals surface area (Å²) in [6, 6.07) is 10.2. The predicted molar refractivity (Wildman–Crippen MR) is 145 cm³/mol. The van der Waals surface area contributed by atoms with E-state index in [1.165, 1.54) is 19.3 Å². The first-order valence-corrected chi connectivity index (χ1v) is 13.2. The molecule has 9 nitrogen and oxygen atoms in total. The number of H-pyrrole nitrogens is 2. The van der Waals surface area contributed by atoms with E-state index in [9.17, 15) is 0 Å². The van der Waals surface area contributed by atoms with Crippen LogP contribution < -0.4 is 15.0 Å². The van der Waals surface area contributed by atoms with Gasteiger partial charge in [0.15, 0.2) is 0 Å². The average Bonchev–Trinajstić information content (AvgIpc) is 3.58. The number of hydrogen-bond donors (Lipinski definition) is 3. The Labute approximate surface area is 214 Å². The summed E-state index contributed by atoms with van der Waals surface area (Å²) in [5.74, 6) is 1.83. The van der Waals surface area contributed by atoms with Gasteiger partial charge in [-0.05, 0) is 75.5 Å². The molecule has 0 aliphatic carbocycles. The Bertz CT molecular complexity index is 1540. The summed E-state index contributed by atoms with van der Waals surface area (Å²) in [6.45, 7) is 4.08. The van der Waals surface area contributed by atoms with Crippen molar-refractivity contribution in [1.82, 2.24) is 35.5 Å². The maximum atomic E-state index is 6.21. The molecule has 5 aromatic heterocycles. The van der Waals surface area contributed by atoms with Gasteiger partial charge in [-0.1, -0.05) is 0 Å². The Morgan fingerprint density at radius 1 is 0.946 bits per heavy atom. The van der Waals surface area contributed by atoms with E-state index in [1.54, 1.807) is 6.20 Å². The topological polar surface area (TPSA) is 108 Å². The molecule has 0 bridgehead atoms. The van der Waals surface area contributed by atoms with Crippen LogP contribution in [0.5, 0.6) is 5.75 Å². The molecule has 5 aromatic rings. The fraction of sp³-hybridized carbons (Fsp3) is 0.357. The van der Waals surface area contributed by atoms with Crippen LogP contribution in [0.1, 0.15) is 32.1 Å². The van der Waals surface area contributed by atoms with Gasteiger partial charge in [0.1, 0.15) is 28.9 Å². The Morgan fingerprint density at radius 3 is 2.73 bits per heavy atom. The molecular formula is C28H30N8O. The van der Waals surface area contributed by atoms with E-state index < -0.39 is 0 Å². The minimum atomic E-state index is 0.223. The maximum Gasteiger partial charge on any atom is 0.138 e. The van der Waals surface area contributed by atoms with Crippen molar-refractivity contribution in [1.29, 1.82) is 0 Å². The maximum absolute atomic E-state index is 6.21. The number of piperidine rings is 2. The first-order chi connectivity index (χ1) is 18.3. The summed E-state index contributed by atoms with van der Waals surface area (Å²) in [5.41, 5.74) is 6.26. The average molecular weight is 495 g/mol. The number of rotatable bonds is 5. The lowest BCUT2D eigenvalue weighted by Gasteiger charge is -2.28. The molecule has 37 heavy (non-hydrogen) atoms. The summed E-state index contributed by atoms with van der Waals surface area (Å²) in [5, 5.41) is 12.3. The van der Waals surface area contributed by atoms with Crippen molar-refractivity contribution >= 4 is 27.8 Å². The molecule has 7 rings (SSSR count). The van der Waals surface area contributed by atoms with Crippen LogP contribution in [0.3, 0.4) is 0 Å².